The summed E-state index contributed by atoms with van der Waals surface area (Å²) in [5.74, 6) is 0.882. The van der Waals surface area contributed by atoms with Crippen molar-refractivity contribution in [1.82, 2.24) is 20.1 Å². The fourth-order valence-electron chi connectivity index (χ4n) is 4.85. The summed E-state index contributed by atoms with van der Waals surface area (Å²) in [4.78, 5) is 17.7. The molecule has 2 aromatic heterocycles. The lowest BCUT2D eigenvalue weighted by molar-refractivity contribution is -0.115. The quantitative estimate of drug-likeness (QED) is 0.583. The van der Waals surface area contributed by atoms with E-state index in [1.807, 2.05) is 55.6 Å². The van der Waals surface area contributed by atoms with E-state index >= 15 is 0 Å². The van der Waals surface area contributed by atoms with Crippen LogP contribution in [0.25, 0.3) is 28.2 Å². The van der Waals surface area contributed by atoms with Gasteiger partial charge in [-0.25, -0.2) is 13.1 Å². The highest BCUT2D eigenvalue weighted by Crippen LogP contribution is 2.34. The average Bonchev–Trinajstić information content (AvgIpc) is 3.25. The fourth-order valence-corrected chi connectivity index (χ4v) is 6.34. The topological polar surface area (TPSA) is 93.9 Å². The zero-order valence-corrected chi connectivity index (χ0v) is 20.5. The van der Waals surface area contributed by atoms with E-state index in [1.54, 1.807) is 10.9 Å². The van der Waals surface area contributed by atoms with Gasteiger partial charge in [0.05, 0.1) is 34.7 Å². The van der Waals surface area contributed by atoms with E-state index < -0.39 is 9.84 Å². The maximum atomic E-state index is 13.0. The van der Waals surface area contributed by atoms with Gasteiger partial charge in [0, 0.05) is 35.9 Å². The summed E-state index contributed by atoms with van der Waals surface area (Å²) in [6.45, 7) is 6.73. The van der Waals surface area contributed by atoms with Crippen LogP contribution < -0.4 is 5.32 Å². The number of benzene rings is 1. The Morgan fingerprint density at radius 1 is 1.06 bits per heavy atom. The molecule has 180 valence electrons. The van der Waals surface area contributed by atoms with Gasteiger partial charge >= 0.3 is 0 Å². The standard InChI is InChI=1S/C27H28N4O3S/c1-18(20-11-14-35(33,34)15-12-20)26-25(32)10-13-28-27(26)31-19(2)23(17-30-31)22-8-9-24(29-16-22)21-6-4-3-5-7-21/h3-9,16-17,20,28H,1,10-15H2,2H3. The monoisotopic (exact) mass is 488 g/mol. The summed E-state index contributed by atoms with van der Waals surface area (Å²) < 4.78 is 25.5. The minimum Gasteiger partial charge on any atom is -0.369 e. The van der Waals surface area contributed by atoms with Crippen molar-refractivity contribution < 1.29 is 13.2 Å². The van der Waals surface area contributed by atoms with Crippen molar-refractivity contribution in [3.63, 3.8) is 0 Å². The number of hydrogen-bond acceptors (Lipinski definition) is 6. The molecular weight excluding hydrogens is 460 g/mol. The predicted molar refractivity (Wildman–Crippen MR) is 137 cm³/mol. The molecule has 1 N–H and O–H groups in total. The highest BCUT2D eigenvalue weighted by atomic mass is 32.2. The average molecular weight is 489 g/mol. The Labute approximate surface area is 205 Å². The first-order valence-electron chi connectivity index (χ1n) is 11.8. The van der Waals surface area contributed by atoms with Crippen molar-refractivity contribution in [3.8, 4) is 22.4 Å². The van der Waals surface area contributed by atoms with Gasteiger partial charge in [0.1, 0.15) is 15.7 Å². The number of aromatic nitrogens is 3. The first-order valence-corrected chi connectivity index (χ1v) is 13.6. The molecule has 0 spiro atoms. The first-order chi connectivity index (χ1) is 16.8. The second kappa shape index (κ2) is 9.26. The number of rotatable bonds is 5. The number of nitrogens with zero attached hydrogens (tertiary/aromatic N) is 3. The zero-order valence-electron chi connectivity index (χ0n) is 19.7. The Balaban J connectivity index is 1.47. The predicted octanol–water partition coefficient (Wildman–Crippen LogP) is 4.03. The number of sulfone groups is 1. The van der Waals surface area contributed by atoms with Crippen molar-refractivity contribution in [2.24, 2.45) is 5.92 Å². The lowest BCUT2D eigenvalue weighted by Gasteiger charge is -2.29. The lowest BCUT2D eigenvalue weighted by Crippen LogP contribution is -2.33. The molecule has 4 heterocycles. The van der Waals surface area contributed by atoms with E-state index in [1.165, 1.54) is 0 Å². The maximum absolute atomic E-state index is 13.0. The van der Waals surface area contributed by atoms with Crippen LogP contribution in [0.5, 0.6) is 0 Å². The lowest BCUT2D eigenvalue weighted by atomic mass is 9.85. The Morgan fingerprint density at radius 2 is 1.80 bits per heavy atom. The van der Waals surface area contributed by atoms with Gasteiger partial charge in [-0.3, -0.25) is 9.78 Å². The number of Topliss-reactive ketones (excluding diaryl/α,β-unsaturated/α-hetero) is 1. The summed E-state index contributed by atoms with van der Waals surface area (Å²) in [5.41, 5.74) is 5.95. The smallest absolute Gasteiger partial charge is 0.168 e. The molecule has 1 aromatic carbocycles. The summed E-state index contributed by atoms with van der Waals surface area (Å²) in [6.07, 6.45) is 4.99. The van der Waals surface area contributed by atoms with Crippen molar-refractivity contribution in [3.05, 3.63) is 78.3 Å². The summed E-state index contributed by atoms with van der Waals surface area (Å²) in [5, 5.41) is 7.96. The summed E-state index contributed by atoms with van der Waals surface area (Å²) in [6, 6.07) is 14.0. The third kappa shape index (κ3) is 4.58. The molecule has 2 aliphatic rings. The van der Waals surface area contributed by atoms with E-state index in [9.17, 15) is 13.2 Å². The Bertz CT molecular complexity index is 1410. The zero-order chi connectivity index (χ0) is 24.6. The molecule has 1 saturated heterocycles. The van der Waals surface area contributed by atoms with Crippen LogP contribution in [0.4, 0.5) is 0 Å². The van der Waals surface area contributed by atoms with E-state index in [4.69, 9.17) is 0 Å². The van der Waals surface area contributed by atoms with Gasteiger partial charge in [0.25, 0.3) is 0 Å². The van der Waals surface area contributed by atoms with Gasteiger partial charge in [-0.1, -0.05) is 43.0 Å². The van der Waals surface area contributed by atoms with Crippen molar-refractivity contribution in [1.29, 1.82) is 0 Å². The first kappa shape index (κ1) is 23.2. The fraction of sp³-hybridized carbons (Fsp3) is 0.296. The molecule has 5 rings (SSSR count). The van der Waals surface area contributed by atoms with Crippen molar-refractivity contribution in [2.75, 3.05) is 18.1 Å². The second-order valence-electron chi connectivity index (χ2n) is 9.13. The number of ketones is 1. The van der Waals surface area contributed by atoms with Crippen LogP contribution in [-0.2, 0) is 14.6 Å². The van der Waals surface area contributed by atoms with Gasteiger partial charge in [-0.2, -0.15) is 5.10 Å². The Kier molecular flexibility index (Phi) is 6.15. The molecule has 0 amide bonds. The number of carbonyl (C=O) groups is 1. The van der Waals surface area contributed by atoms with E-state index in [0.717, 1.165) is 28.1 Å². The molecule has 0 aliphatic carbocycles. The van der Waals surface area contributed by atoms with Crippen LogP contribution in [0.2, 0.25) is 0 Å². The molecule has 35 heavy (non-hydrogen) atoms. The van der Waals surface area contributed by atoms with Crippen LogP contribution in [-0.4, -0.2) is 47.0 Å². The SMILES string of the molecule is C=C(C1=C(n2ncc(-c3ccc(-c4ccccc4)nc3)c2C)NCCC1=O)C1CCS(=O)(=O)CC1. The van der Waals surface area contributed by atoms with Gasteiger partial charge in [-0.15, -0.1) is 0 Å². The molecule has 0 bridgehead atoms. The highest BCUT2D eigenvalue weighted by Gasteiger charge is 2.32. The third-order valence-electron chi connectivity index (χ3n) is 6.89. The minimum absolute atomic E-state index is 0.0162. The second-order valence-corrected chi connectivity index (χ2v) is 11.4. The third-order valence-corrected chi connectivity index (χ3v) is 8.61. The van der Waals surface area contributed by atoms with Crippen LogP contribution in [0.1, 0.15) is 25.0 Å². The van der Waals surface area contributed by atoms with Gasteiger partial charge < -0.3 is 5.32 Å². The molecule has 3 aromatic rings. The maximum Gasteiger partial charge on any atom is 0.168 e. The van der Waals surface area contributed by atoms with E-state index in [2.05, 4.69) is 22.0 Å². The van der Waals surface area contributed by atoms with E-state index in [-0.39, 0.29) is 23.2 Å². The van der Waals surface area contributed by atoms with Gasteiger partial charge in [0.2, 0.25) is 0 Å². The number of allylic oxidation sites excluding steroid dienone is 2. The van der Waals surface area contributed by atoms with Crippen LogP contribution in [0, 0.1) is 12.8 Å². The minimum atomic E-state index is -3.00. The van der Waals surface area contributed by atoms with Gasteiger partial charge in [0.15, 0.2) is 5.78 Å². The number of pyridine rings is 1. The number of carbonyl (C=O) groups excluding carboxylic acids is 1. The Morgan fingerprint density at radius 3 is 2.49 bits per heavy atom. The molecule has 0 radical (unpaired) electrons. The number of hydrogen-bond donors (Lipinski definition) is 1. The van der Waals surface area contributed by atoms with Crippen LogP contribution >= 0.6 is 0 Å². The largest absolute Gasteiger partial charge is 0.369 e. The molecule has 0 atom stereocenters. The highest BCUT2D eigenvalue weighted by molar-refractivity contribution is 7.91. The molecular formula is C27H28N4O3S. The number of nitrogens with one attached hydrogen (secondary N) is 1. The van der Waals surface area contributed by atoms with Crippen molar-refractivity contribution in [2.45, 2.75) is 26.2 Å². The van der Waals surface area contributed by atoms with Crippen molar-refractivity contribution >= 4 is 21.4 Å². The summed E-state index contributed by atoms with van der Waals surface area (Å²) in [7, 11) is -3.00. The van der Waals surface area contributed by atoms with Crippen LogP contribution in [0.15, 0.2) is 72.6 Å². The molecule has 7 nitrogen and oxygen atoms in total. The molecule has 2 aliphatic heterocycles. The molecule has 1 fully saturated rings. The molecule has 0 unspecified atom stereocenters. The van der Waals surface area contributed by atoms with Gasteiger partial charge in [-0.05, 0) is 37.3 Å². The summed E-state index contributed by atoms with van der Waals surface area (Å²) >= 11 is 0. The Hall–Kier alpha value is -3.52. The molecule has 8 heteroatoms. The van der Waals surface area contributed by atoms with E-state index in [0.29, 0.717) is 42.8 Å². The molecule has 0 saturated carbocycles. The normalized spacial score (nSPS) is 18.4. The van der Waals surface area contributed by atoms with Crippen LogP contribution in [0.3, 0.4) is 0 Å².